The second-order valence-electron chi connectivity index (χ2n) is 8.87. The fourth-order valence-electron chi connectivity index (χ4n) is 3.86. The molecule has 10 heteroatoms. The Hall–Kier alpha value is -3.24. The molecule has 0 fully saturated rings. The Bertz CT molecular complexity index is 1270. The first-order valence-corrected chi connectivity index (χ1v) is 13.2. The Labute approximate surface area is 211 Å². The number of imidazole rings is 1. The Morgan fingerprint density at radius 1 is 1.14 bits per heavy atom. The summed E-state index contributed by atoms with van der Waals surface area (Å²) in [7, 11) is -0.766. The van der Waals surface area contributed by atoms with Crippen LogP contribution in [0.4, 0.5) is 4.39 Å². The van der Waals surface area contributed by atoms with E-state index in [4.69, 9.17) is 9.47 Å². The van der Waals surface area contributed by atoms with Crippen molar-refractivity contribution in [3.63, 3.8) is 0 Å². The summed E-state index contributed by atoms with van der Waals surface area (Å²) in [6.45, 7) is 5.05. The number of rotatable bonds is 12. The number of benzene rings is 2. The van der Waals surface area contributed by atoms with Gasteiger partial charge in [-0.3, -0.25) is 4.79 Å². The van der Waals surface area contributed by atoms with Crippen molar-refractivity contribution < 1.29 is 27.1 Å². The molecule has 36 heavy (non-hydrogen) atoms. The van der Waals surface area contributed by atoms with Gasteiger partial charge >= 0.3 is 0 Å². The number of methoxy groups -OCH3 is 2. The maximum Gasteiger partial charge on any atom is 0.254 e. The number of ether oxygens (including phenoxy) is 2. The highest BCUT2D eigenvalue weighted by molar-refractivity contribution is 7.90. The maximum absolute atomic E-state index is 13.4. The third kappa shape index (κ3) is 6.92. The van der Waals surface area contributed by atoms with Gasteiger partial charge in [0.15, 0.2) is 0 Å². The van der Waals surface area contributed by atoms with Crippen LogP contribution in [0.1, 0.15) is 35.5 Å². The molecule has 0 saturated carbocycles. The minimum Gasteiger partial charge on any atom is -0.497 e. The van der Waals surface area contributed by atoms with Crippen LogP contribution in [0.25, 0.3) is 0 Å². The lowest BCUT2D eigenvalue weighted by molar-refractivity contribution is 0.0717. The summed E-state index contributed by atoms with van der Waals surface area (Å²) in [5.74, 6) is -0.233. The van der Waals surface area contributed by atoms with E-state index in [0.29, 0.717) is 29.1 Å². The van der Waals surface area contributed by atoms with Gasteiger partial charge in [0.2, 0.25) is 15.0 Å². The zero-order valence-corrected chi connectivity index (χ0v) is 21.8. The first-order valence-electron chi connectivity index (χ1n) is 11.6. The molecule has 0 bridgehead atoms. The van der Waals surface area contributed by atoms with Gasteiger partial charge in [0.05, 0.1) is 37.9 Å². The molecule has 1 amide bonds. The first kappa shape index (κ1) is 27.3. The average Bonchev–Trinajstić information content (AvgIpc) is 3.25. The van der Waals surface area contributed by atoms with Crippen LogP contribution in [0, 0.1) is 11.7 Å². The molecule has 0 aliphatic rings. The van der Waals surface area contributed by atoms with E-state index in [1.165, 1.54) is 44.7 Å². The first-order chi connectivity index (χ1) is 17.1. The number of carbonyl (C=O) groups excluding carboxylic acids is 1. The smallest absolute Gasteiger partial charge is 0.254 e. The molecule has 0 N–H and O–H groups in total. The van der Waals surface area contributed by atoms with Crippen molar-refractivity contribution in [3.05, 3.63) is 77.4 Å². The number of nitrogens with zero attached hydrogens (tertiary/aromatic N) is 3. The molecule has 0 atom stereocenters. The van der Waals surface area contributed by atoms with Gasteiger partial charge in [0.1, 0.15) is 11.6 Å². The third-order valence-electron chi connectivity index (χ3n) is 5.51. The maximum atomic E-state index is 13.4. The van der Waals surface area contributed by atoms with Crippen LogP contribution < -0.4 is 4.74 Å². The van der Waals surface area contributed by atoms with Crippen LogP contribution in [0.2, 0.25) is 0 Å². The molecule has 194 valence electrons. The van der Waals surface area contributed by atoms with E-state index in [1.54, 1.807) is 33.7 Å². The highest BCUT2D eigenvalue weighted by atomic mass is 32.2. The summed E-state index contributed by atoms with van der Waals surface area (Å²) >= 11 is 0. The van der Waals surface area contributed by atoms with Crippen LogP contribution in [0.15, 0.2) is 59.9 Å². The van der Waals surface area contributed by atoms with E-state index in [9.17, 15) is 17.6 Å². The Morgan fingerprint density at radius 2 is 1.86 bits per heavy atom. The molecule has 0 radical (unpaired) electrons. The quantitative estimate of drug-likeness (QED) is 0.361. The fraction of sp³-hybridized carbons (Fsp3) is 0.385. The molecule has 0 saturated heterocycles. The zero-order chi connectivity index (χ0) is 26.3. The van der Waals surface area contributed by atoms with E-state index in [0.717, 1.165) is 0 Å². The van der Waals surface area contributed by atoms with Crippen molar-refractivity contribution in [2.24, 2.45) is 5.92 Å². The van der Waals surface area contributed by atoms with Gasteiger partial charge < -0.3 is 18.9 Å². The molecule has 0 aliphatic carbocycles. The average molecular weight is 518 g/mol. The summed E-state index contributed by atoms with van der Waals surface area (Å²) in [6.07, 6.45) is 1.49. The summed E-state index contributed by atoms with van der Waals surface area (Å²) in [6, 6.07) is 12.2. The molecule has 2 aromatic carbocycles. The summed E-state index contributed by atoms with van der Waals surface area (Å²) in [5, 5.41) is -0.0869. The van der Waals surface area contributed by atoms with Gasteiger partial charge in [0.25, 0.3) is 5.91 Å². The van der Waals surface area contributed by atoms with Gasteiger partial charge in [-0.25, -0.2) is 17.8 Å². The number of carbonyl (C=O) groups is 1. The second-order valence-corrected chi connectivity index (χ2v) is 10.8. The van der Waals surface area contributed by atoms with Crippen molar-refractivity contribution in [1.82, 2.24) is 14.5 Å². The minimum atomic E-state index is -3.82. The van der Waals surface area contributed by atoms with Crippen molar-refractivity contribution in [3.8, 4) is 5.75 Å². The third-order valence-corrected chi connectivity index (χ3v) is 7.10. The van der Waals surface area contributed by atoms with E-state index < -0.39 is 15.7 Å². The van der Waals surface area contributed by atoms with Crippen LogP contribution in [-0.4, -0.2) is 56.1 Å². The Balaban J connectivity index is 1.94. The molecule has 1 heterocycles. The topological polar surface area (TPSA) is 90.7 Å². The highest BCUT2D eigenvalue weighted by Crippen LogP contribution is 2.22. The lowest BCUT2D eigenvalue weighted by Gasteiger charge is -2.25. The van der Waals surface area contributed by atoms with E-state index in [-0.39, 0.29) is 42.4 Å². The van der Waals surface area contributed by atoms with Gasteiger partial charge in [-0.2, -0.15) is 0 Å². The SMILES string of the molecule is COCCn1c(CN(CC(C)C)C(=O)c2ccc(F)cc2)cnc1S(=O)(=O)Cc1cccc(OC)c1. The predicted octanol–water partition coefficient (Wildman–Crippen LogP) is 3.95. The number of aromatic nitrogens is 2. The summed E-state index contributed by atoms with van der Waals surface area (Å²) < 4.78 is 52.1. The molecular weight excluding hydrogens is 485 g/mol. The van der Waals surface area contributed by atoms with Gasteiger partial charge in [-0.1, -0.05) is 26.0 Å². The van der Waals surface area contributed by atoms with Gasteiger partial charge in [-0.05, 0) is 47.9 Å². The minimum absolute atomic E-state index is 0.0869. The molecule has 1 aromatic heterocycles. The van der Waals surface area contributed by atoms with Crippen molar-refractivity contribution in [1.29, 1.82) is 0 Å². The number of amides is 1. The number of halogens is 1. The van der Waals surface area contributed by atoms with Gasteiger partial charge in [0, 0.05) is 25.8 Å². The summed E-state index contributed by atoms with van der Waals surface area (Å²) in [4.78, 5) is 19.1. The standard InChI is InChI=1S/C26H32FN3O5S/c1-19(2)16-29(25(31)21-8-10-22(27)11-9-21)17-23-15-28-26(30(23)12-13-34-3)36(32,33)18-20-6-5-7-24(14-20)35-4/h5-11,14-15,19H,12-13,16-18H2,1-4H3. The second kappa shape index (κ2) is 12.1. The molecular formula is C26H32FN3O5S. The molecule has 3 aromatic rings. The lowest BCUT2D eigenvalue weighted by Crippen LogP contribution is -2.34. The van der Waals surface area contributed by atoms with E-state index in [2.05, 4.69) is 4.98 Å². The molecule has 0 spiro atoms. The van der Waals surface area contributed by atoms with Crippen LogP contribution in [0.3, 0.4) is 0 Å². The lowest BCUT2D eigenvalue weighted by atomic mass is 10.1. The van der Waals surface area contributed by atoms with E-state index in [1.807, 2.05) is 13.8 Å². The Kier molecular flexibility index (Phi) is 9.22. The predicted molar refractivity (Wildman–Crippen MR) is 134 cm³/mol. The van der Waals surface area contributed by atoms with Crippen molar-refractivity contribution in [2.75, 3.05) is 27.4 Å². The van der Waals surface area contributed by atoms with Crippen molar-refractivity contribution >= 4 is 15.7 Å². The zero-order valence-electron chi connectivity index (χ0n) is 21.0. The number of hydrogen-bond acceptors (Lipinski definition) is 6. The largest absolute Gasteiger partial charge is 0.497 e. The molecule has 8 nitrogen and oxygen atoms in total. The number of sulfone groups is 1. The fourth-order valence-corrected chi connectivity index (χ4v) is 5.37. The summed E-state index contributed by atoms with van der Waals surface area (Å²) in [5.41, 5.74) is 1.49. The van der Waals surface area contributed by atoms with Gasteiger partial charge in [-0.15, -0.1) is 0 Å². The Morgan fingerprint density at radius 3 is 2.50 bits per heavy atom. The molecule has 0 unspecified atom stereocenters. The van der Waals surface area contributed by atoms with E-state index >= 15 is 0 Å². The molecule has 0 aliphatic heterocycles. The van der Waals surface area contributed by atoms with Crippen molar-refractivity contribution in [2.45, 2.75) is 37.8 Å². The highest BCUT2D eigenvalue weighted by Gasteiger charge is 2.26. The monoisotopic (exact) mass is 517 g/mol. The van der Waals surface area contributed by atoms with Crippen LogP contribution in [-0.2, 0) is 33.4 Å². The van der Waals surface area contributed by atoms with Crippen LogP contribution in [0.5, 0.6) is 5.75 Å². The normalized spacial score (nSPS) is 11.6. The number of hydrogen-bond donors (Lipinski definition) is 0. The van der Waals surface area contributed by atoms with Crippen LogP contribution >= 0.6 is 0 Å². The molecule has 3 rings (SSSR count).